The summed E-state index contributed by atoms with van der Waals surface area (Å²) in [6.07, 6.45) is -1.05. The van der Waals surface area contributed by atoms with Crippen LogP contribution in [-0.4, -0.2) is 21.9 Å². The van der Waals surface area contributed by atoms with Crippen molar-refractivity contribution in [3.63, 3.8) is 0 Å². The van der Waals surface area contributed by atoms with E-state index in [1.54, 1.807) is 0 Å². The van der Waals surface area contributed by atoms with E-state index >= 15 is 0 Å². The second-order valence-corrected chi connectivity index (χ2v) is 4.17. The van der Waals surface area contributed by atoms with Crippen molar-refractivity contribution in [3.05, 3.63) is 18.2 Å². The van der Waals surface area contributed by atoms with Gasteiger partial charge in [-0.1, -0.05) is 0 Å². The molecular weight excluding hydrogens is 220 g/mol. The van der Waals surface area contributed by atoms with E-state index in [9.17, 15) is 13.2 Å². The van der Waals surface area contributed by atoms with Gasteiger partial charge in [0.05, 0.1) is 7.11 Å². The third kappa shape index (κ3) is 2.67. The Morgan fingerprint density at radius 3 is 2.73 bits per heavy atom. The summed E-state index contributed by atoms with van der Waals surface area (Å²) in [4.78, 5) is 10.2. The lowest BCUT2D eigenvalue weighted by atomic mass is 10.3. The number of rotatable bonds is 3. The number of nitrogens with one attached hydrogen (secondary N) is 1. The number of ether oxygens (including phenoxy) is 1. The van der Waals surface area contributed by atoms with Crippen LogP contribution >= 0.6 is 0 Å². The fourth-order valence-electron chi connectivity index (χ4n) is 1.04. The Morgan fingerprint density at radius 2 is 2.27 bits per heavy atom. The number of anilines is 1. The molecule has 0 radical (unpaired) electrons. The number of carbonyl (C=O) groups is 1. The summed E-state index contributed by atoms with van der Waals surface area (Å²) in [5.41, 5.74) is 0.157. The summed E-state index contributed by atoms with van der Waals surface area (Å²) in [5.74, 6) is 0.0745. The van der Waals surface area contributed by atoms with E-state index in [4.69, 9.17) is 11.2 Å². The van der Waals surface area contributed by atoms with Crippen molar-refractivity contribution in [3.8, 4) is 5.75 Å². The molecule has 0 atom stereocenters. The van der Waals surface area contributed by atoms with Crippen molar-refractivity contribution >= 4 is 22.1 Å². The molecule has 6 nitrogen and oxygen atoms in total. The fraction of sp³-hybridized carbons (Fsp3) is 0.125. The van der Waals surface area contributed by atoms with Gasteiger partial charge in [-0.3, -0.25) is 4.79 Å². The molecule has 1 rings (SSSR count). The summed E-state index contributed by atoms with van der Waals surface area (Å²) in [7, 11) is -2.64. The monoisotopic (exact) mass is 231 g/mol. The summed E-state index contributed by atoms with van der Waals surface area (Å²) in [6.45, 7) is 0. The molecule has 0 aliphatic carbocycles. The number of amides is 1. The third-order valence-electron chi connectivity index (χ3n) is 1.67. The molecule has 1 aromatic carbocycles. The van der Waals surface area contributed by atoms with Crippen molar-refractivity contribution in [1.82, 2.24) is 0 Å². The molecule has 0 unspecified atom stereocenters. The highest BCUT2D eigenvalue weighted by molar-refractivity contribution is 7.89. The first-order chi connectivity index (χ1) is 7.34. The first kappa shape index (κ1) is 9.94. The van der Waals surface area contributed by atoms with Gasteiger partial charge in [0.25, 0.3) is 0 Å². The lowest BCUT2D eigenvalue weighted by Crippen LogP contribution is -2.13. The fourth-order valence-corrected chi connectivity index (χ4v) is 1.76. The van der Waals surface area contributed by atoms with E-state index in [2.05, 4.69) is 5.32 Å². The topological polar surface area (TPSA) is 98.5 Å². The maximum absolute atomic E-state index is 11.2. The van der Waals surface area contributed by atoms with Gasteiger partial charge < -0.3 is 10.1 Å². The lowest BCUT2D eigenvalue weighted by molar-refractivity contribution is -0.105. The van der Waals surface area contributed by atoms with Crippen molar-refractivity contribution in [2.45, 2.75) is 4.90 Å². The minimum atomic E-state index is -3.94. The molecule has 0 saturated carbocycles. The largest absolute Gasteiger partial charge is 0.495 e. The van der Waals surface area contributed by atoms with Crippen LogP contribution in [0.1, 0.15) is 1.37 Å². The van der Waals surface area contributed by atoms with Crippen molar-refractivity contribution in [1.29, 1.82) is 0 Å². The molecule has 0 aromatic heterocycles. The number of primary sulfonamides is 1. The quantitative estimate of drug-likeness (QED) is 0.710. The van der Waals surface area contributed by atoms with Crippen LogP contribution in [0.25, 0.3) is 0 Å². The Bertz CT molecular complexity index is 515. The van der Waals surface area contributed by atoms with Crippen LogP contribution in [0.5, 0.6) is 5.75 Å². The van der Waals surface area contributed by atoms with E-state index in [0.717, 1.165) is 6.07 Å². The van der Waals surface area contributed by atoms with Crippen molar-refractivity contribution < 1.29 is 19.3 Å². The average Bonchev–Trinajstić information content (AvgIpc) is 2.15. The zero-order chi connectivity index (χ0) is 12.3. The van der Waals surface area contributed by atoms with Crippen molar-refractivity contribution in [2.24, 2.45) is 5.14 Å². The maximum atomic E-state index is 11.2. The Labute approximate surface area is 88.5 Å². The molecule has 1 amide bonds. The van der Waals surface area contributed by atoms with Crippen molar-refractivity contribution in [2.75, 3.05) is 12.4 Å². The predicted molar refractivity (Wildman–Crippen MR) is 54.1 cm³/mol. The predicted octanol–water partition coefficient (Wildman–Crippen LogP) is -0.0891. The van der Waals surface area contributed by atoms with Gasteiger partial charge in [0.2, 0.25) is 16.4 Å². The molecular formula is C8H10N2O4S. The number of hydrogen-bond donors (Lipinski definition) is 2. The average molecular weight is 231 g/mol. The highest BCUT2D eigenvalue weighted by Crippen LogP contribution is 2.25. The number of carbonyl (C=O) groups excluding carboxylic acids is 1. The van der Waals surface area contributed by atoms with Gasteiger partial charge in [-0.15, -0.1) is 0 Å². The minimum Gasteiger partial charge on any atom is -0.495 e. The highest BCUT2D eigenvalue weighted by atomic mass is 32.2. The molecule has 3 N–H and O–H groups in total. The normalized spacial score (nSPS) is 11.7. The van der Waals surface area contributed by atoms with Crippen LogP contribution in [0.15, 0.2) is 23.1 Å². The Hall–Kier alpha value is -1.60. The molecule has 1 aromatic rings. The first-order valence-electron chi connectivity index (χ1n) is 4.33. The Balaban J connectivity index is 3.27. The Kier molecular flexibility index (Phi) is 2.84. The number of nitrogens with two attached hydrogens (primary N) is 1. The summed E-state index contributed by atoms with van der Waals surface area (Å²) in [6, 6.07) is 3.87. The van der Waals surface area contributed by atoms with E-state index in [-0.39, 0.29) is 16.3 Å². The summed E-state index contributed by atoms with van der Waals surface area (Å²) in [5, 5.41) is 7.09. The molecule has 0 saturated heterocycles. The number of sulfonamides is 1. The zero-order valence-electron chi connectivity index (χ0n) is 8.85. The van der Waals surface area contributed by atoms with Crippen LogP contribution in [-0.2, 0) is 14.8 Å². The molecule has 0 heterocycles. The number of methoxy groups -OCH3 is 1. The Morgan fingerprint density at radius 1 is 1.60 bits per heavy atom. The van der Waals surface area contributed by atoms with Gasteiger partial charge in [0.1, 0.15) is 12.0 Å². The van der Waals surface area contributed by atoms with Gasteiger partial charge in [-0.2, -0.15) is 0 Å². The van der Waals surface area contributed by atoms with Gasteiger partial charge in [-0.05, 0) is 18.2 Å². The lowest BCUT2D eigenvalue weighted by Gasteiger charge is -2.07. The maximum Gasteiger partial charge on any atom is 0.241 e. The molecule has 15 heavy (non-hydrogen) atoms. The SMILES string of the molecule is [2H]C(=O)Nc1ccc(OC)c(S(N)(=O)=O)c1. The number of hydrogen-bond acceptors (Lipinski definition) is 4. The van der Waals surface area contributed by atoms with Gasteiger partial charge in [0.15, 0.2) is 0 Å². The second-order valence-electron chi connectivity index (χ2n) is 2.64. The van der Waals surface area contributed by atoms with E-state index in [0.29, 0.717) is 0 Å². The number of benzene rings is 1. The molecule has 0 spiro atoms. The van der Waals surface area contributed by atoms with Crippen LogP contribution in [0, 0.1) is 0 Å². The molecule has 0 aliphatic heterocycles. The summed E-state index contributed by atoms with van der Waals surface area (Å²) < 4.78 is 33.9. The van der Waals surface area contributed by atoms with E-state index < -0.39 is 16.4 Å². The van der Waals surface area contributed by atoms with Gasteiger partial charge >= 0.3 is 0 Å². The van der Waals surface area contributed by atoms with Gasteiger partial charge in [-0.25, -0.2) is 13.6 Å². The third-order valence-corrected chi connectivity index (χ3v) is 2.60. The molecule has 0 bridgehead atoms. The van der Waals surface area contributed by atoms with Crippen LogP contribution < -0.4 is 15.2 Å². The van der Waals surface area contributed by atoms with E-state index in [1.165, 1.54) is 19.2 Å². The van der Waals surface area contributed by atoms with Gasteiger partial charge in [0, 0.05) is 5.69 Å². The molecule has 0 aliphatic rings. The van der Waals surface area contributed by atoms with Crippen LogP contribution in [0.4, 0.5) is 5.69 Å². The van der Waals surface area contributed by atoms with Crippen LogP contribution in [0.3, 0.4) is 0 Å². The molecule has 82 valence electrons. The smallest absolute Gasteiger partial charge is 0.241 e. The second kappa shape index (κ2) is 4.28. The van der Waals surface area contributed by atoms with Crippen LogP contribution in [0.2, 0.25) is 0 Å². The highest BCUT2D eigenvalue weighted by Gasteiger charge is 2.15. The van der Waals surface area contributed by atoms with E-state index in [1.807, 2.05) is 0 Å². The zero-order valence-corrected chi connectivity index (χ0v) is 8.67. The first-order valence-corrected chi connectivity index (χ1v) is 5.37. The molecule has 7 heteroatoms. The standard InChI is InChI=1S/C8H10N2O4S/c1-14-7-3-2-6(10-5-11)4-8(7)15(9,12)13/h2-5H,1H3,(H,10,11)(H2,9,12,13)/i5D. The minimum absolute atomic E-state index is 0.0745. The molecule has 0 fully saturated rings. The summed E-state index contributed by atoms with van der Waals surface area (Å²) >= 11 is 0.